The summed E-state index contributed by atoms with van der Waals surface area (Å²) >= 11 is 0. The van der Waals surface area contributed by atoms with Gasteiger partial charge in [0.2, 0.25) is 0 Å². The number of ether oxygens (including phenoxy) is 2. The molecule has 2 aliphatic heterocycles. The zero-order valence-electron chi connectivity index (χ0n) is 15.4. The molecule has 2 atom stereocenters. The minimum Gasteiger partial charge on any atom is -0.493 e. The van der Waals surface area contributed by atoms with E-state index in [2.05, 4.69) is 18.7 Å². The minimum absolute atomic E-state index is 0.00329. The first-order valence-corrected chi connectivity index (χ1v) is 8.73. The van der Waals surface area contributed by atoms with Crippen LogP contribution >= 0.6 is 0 Å². The molecule has 0 radical (unpaired) electrons. The lowest BCUT2D eigenvalue weighted by Crippen LogP contribution is -2.63. The molecule has 136 valence electrons. The predicted octanol–water partition coefficient (Wildman–Crippen LogP) is 3.62. The van der Waals surface area contributed by atoms with Gasteiger partial charge >= 0.3 is 5.97 Å². The third kappa shape index (κ3) is 1.98. The number of carbonyl (C=O) groups is 1. The van der Waals surface area contributed by atoms with E-state index in [1.807, 2.05) is 37.4 Å². The van der Waals surface area contributed by atoms with Crippen molar-refractivity contribution in [2.24, 2.45) is 5.92 Å². The zero-order valence-corrected chi connectivity index (χ0v) is 15.4. The van der Waals surface area contributed by atoms with Gasteiger partial charge in [-0.2, -0.15) is 0 Å². The first kappa shape index (κ1) is 16.9. The van der Waals surface area contributed by atoms with Crippen molar-refractivity contribution >= 4 is 11.7 Å². The Balaban J connectivity index is 2.01. The molecule has 0 spiro atoms. The first-order valence-electron chi connectivity index (χ1n) is 8.73. The third-order valence-electron chi connectivity index (χ3n) is 6.13. The number of carboxylic acids is 1. The summed E-state index contributed by atoms with van der Waals surface area (Å²) in [7, 11) is 3.74. The maximum Gasteiger partial charge on any atom is 0.335 e. The largest absolute Gasteiger partial charge is 0.493 e. The fraction of sp³-hybridized carbons (Fsp3) is 0.381. The molecule has 1 N–H and O–H groups in total. The Morgan fingerprint density at radius 3 is 2.65 bits per heavy atom. The number of rotatable bonds is 2. The van der Waals surface area contributed by atoms with Crippen LogP contribution in [-0.2, 0) is 15.9 Å². The van der Waals surface area contributed by atoms with Gasteiger partial charge in [-0.1, -0.05) is 32.0 Å². The van der Waals surface area contributed by atoms with Gasteiger partial charge in [0.05, 0.1) is 18.1 Å². The van der Waals surface area contributed by atoms with E-state index < -0.39 is 11.7 Å². The van der Waals surface area contributed by atoms with E-state index in [9.17, 15) is 9.90 Å². The SMILES string of the molecule is CO[C@]12c3ccccc3OC[C@H]1C(C)(C)c1cc(C(=O)O)ccc1N2C. The summed E-state index contributed by atoms with van der Waals surface area (Å²) in [4.78, 5) is 13.6. The molecular weight excluding hydrogens is 330 g/mol. The molecule has 0 fully saturated rings. The molecule has 2 heterocycles. The van der Waals surface area contributed by atoms with Crippen LogP contribution in [0, 0.1) is 5.92 Å². The van der Waals surface area contributed by atoms with Crippen LogP contribution in [0.25, 0.3) is 0 Å². The van der Waals surface area contributed by atoms with E-state index in [1.54, 1.807) is 19.2 Å². The van der Waals surface area contributed by atoms with Crippen LogP contribution in [0.2, 0.25) is 0 Å². The Morgan fingerprint density at radius 2 is 1.96 bits per heavy atom. The second-order valence-electron chi connectivity index (χ2n) is 7.58. The number of nitrogens with zero attached hydrogens (tertiary/aromatic N) is 1. The number of benzene rings is 2. The summed E-state index contributed by atoms with van der Waals surface area (Å²) in [5.74, 6) is -0.0876. The van der Waals surface area contributed by atoms with Gasteiger partial charge < -0.3 is 19.5 Å². The average Bonchev–Trinajstić information content (AvgIpc) is 2.65. The Morgan fingerprint density at radius 1 is 1.23 bits per heavy atom. The monoisotopic (exact) mass is 353 g/mol. The summed E-state index contributed by atoms with van der Waals surface area (Å²) in [6, 6.07) is 13.3. The molecule has 0 aliphatic carbocycles. The summed E-state index contributed by atoms with van der Waals surface area (Å²) in [6.07, 6.45) is 0. The number of methoxy groups -OCH3 is 1. The molecule has 26 heavy (non-hydrogen) atoms. The van der Waals surface area contributed by atoms with Crippen LogP contribution in [0.15, 0.2) is 42.5 Å². The van der Waals surface area contributed by atoms with Crippen LogP contribution in [0.3, 0.4) is 0 Å². The Hall–Kier alpha value is -2.53. The number of carboxylic acid groups (broad SMARTS) is 1. The van der Waals surface area contributed by atoms with Crippen molar-refractivity contribution in [2.45, 2.75) is 25.0 Å². The van der Waals surface area contributed by atoms with Crippen LogP contribution in [0.4, 0.5) is 5.69 Å². The second kappa shape index (κ2) is 5.48. The van der Waals surface area contributed by atoms with Crippen molar-refractivity contribution in [1.82, 2.24) is 0 Å². The molecule has 0 bridgehead atoms. The van der Waals surface area contributed by atoms with Gasteiger partial charge in [0.25, 0.3) is 0 Å². The number of hydrogen-bond acceptors (Lipinski definition) is 4. The van der Waals surface area contributed by atoms with Crippen molar-refractivity contribution < 1.29 is 19.4 Å². The molecule has 5 nitrogen and oxygen atoms in total. The Bertz CT molecular complexity index is 891. The number of fused-ring (bicyclic) bond motifs is 4. The third-order valence-corrected chi connectivity index (χ3v) is 6.13. The van der Waals surface area contributed by atoms with Crippen molar-refractivity contribution in [1.29, 1.82) is 0 Å². The second-order valence-corrected chi connectivity index (χ2v) is 7.58. The van der Waals surface area contributed by atoms with Gasteiger partial charge in [-0.25, -0.2) is 4.79 Å². The first-order chi connectivity index (χ1) is 12.3. The van der Waals surface area contributed by atoms with Gasteiger partial charge in [0, 0.05) is 30.8 Å². The van der Waals surface area contributed by atoms with Gasteiger partial charge in [-0.15, -0.1) is 0 Å². The Labute approximate surface area is 153 Å². The molecule has 5 heteroatoms. The van der Waals surface area contributed by atoms with Crippen LogP contribution in [0.5, 0.6) is 5.75 Å². The summed E-state index contributed by atoms with van der Waals surface area (Å²) in [5.41, 5.74) is 2.28. The highest BCUT2D eigenvalue weighted by Gasteiger charge is 2.59. The van der Waals surface area contributed by atoms with Gasteiger partial charge in [0.1, 0.15) is 5.75 Å². The van der Waals surface area contributed by atoms with E-state index in [-0.39, 0.29) is 11.3 Å². The van der Waals surface area contributed by atoms with Crippen molar-refractivity contribution in [2.75, 3.05) is 25.7 Å². The lowest BCUT2D eigenvalue weighted by molar-refractivity contribution is -0.119. The number of hydrogen-bond donors (Lipinski definition) is 1. The van der Waals surface area contributed by atoms with Crippen molar-refractivity contribution in [3.05, 3.63) is 59.2 Å². The van der Waals surface area contributed by atoms with Crippen LogP contribution in [0.1, 0.15) is 35.3 Å². The van der Waals surface area contributed by atoms with E-state index in [0.29, 0.717) is 12.2 Å². The predicted molar refractivity (Wildman–Crippen MR) is 98.9 cm³/mol. The van der Waals surface area contributed by atoms with Crippen LogP contribution in [-0.4, -0.2) is 31.8 Å². The number of aromatic carboxylic acids is 1. The molecule has 0 saturated heterocycles. The normalized spacial score (nSPS) is 25.5. The summed E-state index contributed by atoms with van der Waals surface area (Å²) < 4.78 is 12.3. The van der Waals surface area contributed by atoms with E-state index in [4.69, 9.17) is 9.47 Å². The lowest BCUT2D eigenvalue weighted by atomic mass is 9.62. The zero-order chi connectivity index (χ0) is 18.7. The highest BCUT2D eigenvalue weighted by atomic mass is 16.5. The summed E-state index contributed by atoms with van der Waals surface area (Å²) in [6.45, 7) is 4.78. The highest BCUT2D eigenvalue weighted by Crippen LogP contribution is 2.58. The van der Waals surface area contributed by atoms with Crippen molar-refractivity contribution in [3.63, 3.8) is 0 Å². The fourth-order valence-corrected chi connectivity index (χ4v) is 4.71. The molecule has 2 aromatic rings. The molecule has 0 amide bonds. The smallest absolute Gasteiger partial charge is 0.335 e. The summed E-state index contributed by atoms with van der Waals surface area (Å²) in [5, 5.41) is 9.42. The van der Waals surface area contributed by atoms with Crippen LogP contribution < -0.4 is 9.64 Å². The molecule has 0 unspecified atom stereocenters. The van der Waals surface area contributed by atoms with E-state index in [0.717, 1.165) is 22.6 Å². The van der Waals surface area contributed by atoms with Gasteiger partial charge in [-0.3, -0.25) is 0 Å². The number of anilines is 1. The Kier molecular flexibility index (Phi) is 3.57. The quantitative estimate of drug-likeness (QED) is 0.894. The standard InChI is InChI=1S/C21H23NO4/c1-20(2)15-11-13(19(23)24)9-10-16(15)22(3)21(25-4)14-7-5-6-8-17(14)26-12-18(20)21/h5-11,18H,12H2,1-4H3,(H,23,24)/t18-,21+/m0/s1. The maximum atomic E-state index is 11.5. The molecule has 0 aromatic heterocycles. The van der Waals surface area contributed by atoms with Crippen molar-refractivity contribution in [3.8, 4) is 5.75 Å². The molecular formula is C21H23NO4. The minimum atomic E-state index is -0.917. The average molecular weight is 353 g/mol. The topological polar surface area (TPSA) is 59.0 Å². The highest BCUT2D eigenvalue weighted by molar-refractivity contribution is 5.89. The lowest BCUT2D eigenvalue weighted by Gasteiger charge is -2.59. The molecule has 2 aliphatic rings. The van der Waals surface area contributed by atoms with Gasteiger partial charge in [-0.05, 0) is 29.8 Å². The maximum absolute atomic E-state index is 11.5. The molecule has 4 rings (SSSR count). The molecule has 0 saturated carbocycles. The molecule has 2 aromatic carbocycles. The van der Waals surface area contributed by atoms with E-state index >= 15 is 0 Å². The fourth-order valence-electron chi connectivity index (χ4n) is 4.71. The van der Waals surface area contributed by atoms with E-state index in [1.165, 1.54) is 0 Å². The van der Waals surface area contributed by atoms with Gasteiger partial charge in [0.15, 0.2) is 5.72 Å². The number of para-hydroxylation sites is 1.